The van der Waals surface area contributed by atoms with Crippen molar-refractivity contribution in [2.24, 2.45) is 5.92 Å². The summed E-state index contributed by atoms with van der Waals surface area (Å²) in [5.41, 5.74) is 6.01. The maximum absolute atomic E-state index is 13.5. The number of nitrogens with one attached hydrogen (secondary N) is 1. The zero-order valence-corrected chi connectivity index (χ0v) is 11.2. The maximum Gasteiger partial charge on any atom is 0.241 e. The number of rotatable bonds is 4. The largest absolute Gasteiger partial charge is 0.398 e. The van der Waals surface area contributed by atoms with Gasteiger partial charge in [-0.3, -0.25) is 0 Å². The van der Waals surface area contributed by atoms with E-state index >= 15 is 0 Å². The molecule has 2 rings (SSSR count). The molecule has 0 heterocycles. The van der Waals surface area contributed by atoms with Crippen molar-refractivity contribution in [3.05, 3.63) is 23.5 Å². The Balaban J connectivity index is 2.25. The molecule has 1 fully saturated rings. The molecule has 100 valence electrons. The van der Waals surface area contributed by atoms with Crippen LogP contribution in [0.5, 0.6) is 0 Å². The van der Waals surface area contributed by atoms with Crippen molar-refractivity contribution in [1.29, 1.82) is 0 Å². The number of nitrogen functional groups attached to an aromatic ring is 1. The van der Waals surface area contributed by atoms with E-state index in [4.69, 9.17) is 5.73 Å². The normalized spacial score (nSPS) is 23.1. The van der Waals surface area contributed by atoms with Crippen LogP contribution in [0.2, 0.25) is 0 Å². The van der Waals surface area contributed by atoms with Gasteiger partial charge in [0.1, 0.15) is 5.82 Å². The van der Waals surface area contributed by atoms with E-state index in [1.165, 1.54) is 13.0 Å². The van der Waals surface area contributed by atoms with Crippen molar-refractivity contribution >= 4 is 15.7 Å². The third-order valence-electron chi connectivity index (χ3n) is 3.42. The molecule has 0 saturated heterocycles. The summed E-state index contributed by atoms with van der Waals surface area (Å²) < 4.78 is 40.1. The van der Waals surface area contributed by atoms with Crippen molar-refractivity contribution in [1.82, 2.24) is 4.72 Å². The van der Waals surface area contributed by atoms with Gasteiger partial charge in [0, 0.05) is 17.3 Å². The average molecular weight is 272 g/mol. The molecular weight excluding hydrogens is 255 g/mol. The fourth-order valence-corrected chi connectivity index (χ4v) is 3.30. The van der Waals surface area contributed by atoms with Crippen LogP contribution in [0, 0.1) is 18.7 Å². The number of benzene rings is 1. The maximum atomic E-state index is 13.5. The Labute approximate surface area is 106 Å². The first-order chi connectivity index (χ1) is 8.35. The lowest BCUT2D eigenvalue weighted by Crippen LogP contribution is -2.27. The highest BCUT2D eigenvalue weighted by Crippen LogP contribution is 2.34. The molecule has 0 aromatic heterocycles. The first-order valence-corrected chi connectivity index (χ1v) is 7.41. The van der Waals surface area contributed by atoms with Gasteiger partial charge in [0.15, 0.2) is 0 Å². The molecule has 1 aromatic rings. The van der Waals surface area contributed by atoms with Crippen LogP contribution in [0.4, 0.5) is 10.1 Å². The van der Waals surface area contributed by atoms with Gasteiger partial charge in [0.05, 0.1) is 4.90 Å². The summed E-state index contributed by atoms with van der Waals surface area (Å²) >= 11 is 0. The summed E-state index contributed by atoms with van der Waals surface area (Å²) in [6.45, 7) is 3.53. The van der Waals surface area contributed by atoms with Crippen LogP contribution in [0.1, 0.15) is 25.3 Å². The molecule has 4 nitrogen and oxygen atoms in total. The van der Waals surface area contributed by atoms with E-state index < -0.39 is 15.8 Å². The van der Waals surface area contributed by atoms with Crippen LogP contribution < -0.4 is 10.5 Å². The minimum absolute atomic E-state index is 0.0226. The zero-order valence-electron chi connectivity index (χ0n) is 10.4. The van der Waals surface area contributed by atoms with Gasteiger partial charge in [-0.1, -0.05) is 13.3 Å². The zero-order chi connectivity index (χ0) is 13.5. The Morgan fingerprint density at radius 1 is 1.50 bits per heavy atom. The monoisotopic (exact) mass is 272 g/mol. The lowest BCUT2D eigenvalue weighted by atomic mass is 10.2. The molecule has 0 aliphatic heterocycles. The van der Waals surface area contributed by atoms with E-state index in [0.717, 1.165) is 18.9 Å². The van der Waals surface area contributed by atoms with Crippen molar-refractivity contribution in [2.75, 3.05) is 5.73 Å². The predicted molar refractivity (Wildman–Crippen MR) is 68.1 cm³/mol. The van der Waals surface area contributed by atoms with Crippen LogP contribution in [0.15, 0.2) is 17.0 Å². The van der Waals surface area contributed by atoms with Crippen LogP contribution in [0.25, 0.3) is 0 Å². The Kier molecular flexibility index (Phi) is 3.33. The van der Waals surface area contributed by atoms with Crippen LogP contribution >= 0.6 is 0 Å². The molecule has 2 unspecified atom stereocenters. The number of halogens is 1. The smallest absolute Gasteiger partial charge is 0.241 e. The Hall–Kier alpha value is -1.14. The lowest BCUT2D eigenvalue weighted by Gasteiger charge is -2.09. The van der Waals surface area contributed by atoms with E-state index in [0.29, 0.717) is 5.92 Å². The summed E-state index contributed by atoms with van der Waals surface area (Å²) in [6.07, 6.45) is 1.79. The molecule has 0 radical (unpaired) electrons. The standard InChI is InChI=1S/C12H17FN2O2S/c1-3-8-4-12(8)15-18(16,17)9-5-10(13)7(2)11(14)6-9/h5-6,8,12,15H,3-4,14H2,1-2H3. The third kappa shape index (κ3) is 2.49. The van der Waals surface area contributed by atoms with E-state index in [-0.39, 0.29) is 22.2 Å². The number of hydrogen-bond donors (Lipinski definition) is 2. The second-order valence-corrected chi connectivity index (χ2v) is 6.47. The van der Waals surface area contributed by atoms with Crippen molar-refractivity contribution < 1.29 is 12.8 Å². The number of hydrogen-bond acceptors (Lipinski definition) is 3. The summed E-state index contributed by atoms with van der Waals surface area (Å²) in [5, 5.41) is 0. The van der Waals surface area contributed by atoms with Gasteiger partial charge in [-0.05, 0) is 31.4 Å². The van der Waals surface area contributed by atoms with Crippen molar-refractivity contribution in [3.8, 4) is 0 Å². The molecule has 1 saturated carbocycles. The fourth-order valence-electron chi connectivity index (χ4n) is 1.94. The first-order valence-electron chi connectivity index (χ1n) is 5.93. The predicted octanol–water partition coefficient (Wildman–Crippen LogP) is 1.79. The Morgan fingerprint density at radius 2 is 2.17 bits per heavy atom. The molecule has 3 N–H and O–H groups in total. The molecule has 0 spiro atoms. The third-order valence-corrected chi connectivity index (χ3v) is 4.89. The minimum atomic E-state index is -3.67. The summed E-state index contributed by atoms with van der Waals surface area (Å²) in [4.78, 5) is -0.107. The van der Waals surface area contributed by atoms with E-state index in [9.17, 15) is 12.8 Å². The highest BCUT2D eigenvalue weighted by molar-refractivity contribution is 7.89. The molecule has 1 aliphatic carbocycles. The molecule has 6 heteroatoms. The Bertz CT molecular complexity index is 548. The highest BCUT2D eigenvalue weighted by atomic mass is 32.2. The Morgan fingerprint density at radius 3 is 2.67 bits per heavy atom. The number of sulfonamides is 1. The fraction of sp³-hybridized carbons (Fsp3) is 0.500. The van der Waals surface area contributed by atoms with Gasteiger partial charge in [-0.2, -0.15) is 0 Å². The van der Waals surface area contributed by atoms with E-state index in [1.54, 1.807) is 0 Å². The van der Waals surface area contributed by atoms with Gasteiger partial charge in [-0.15, -0.1) is 0 Å². The molecule has 1 aliphatic rings. The molecule has 0 bridgehead atoms. The van der Waals surface area contributed by atoms with Crippen molar-refractivity contribution in [3.63, 3.8) is 0 Å². The molecule has 1 aromatic carbocycles. The summed E-state index contributed by atoms with van der Waals surface area (Å²) in [6, 6.07) is 2.28. The van der Waals surface area contributed by atoms with Crippen LogP contribution in [0.3, 0.4) is 0 Å². The van der Waals surface area contributed by atoms with Crippen LogP contribution in [-0.4, -0.2) is 14.5 Å². The number of nitrogens with two attached hydrogens (primary N) is 1. The first kappa shape index (κ1) is 13.3. The SMILES string of the molecule is CCC1CC1NS(=O)(=O)c1cc(N)c(C)c(F)c1. The van der Waals surface area contributed by atoms with E-state index in [1.807, 2.05) is 6.92 Å². The quantitative estimate of drug-likeness (QED) is 0.821. The minimum Gasteiger partial charge on any atom is -0.398 e. The van der Waals surface area contributed by atoms with Gasteiger partial charge in [0.25, 0.3) is 0 Å². The highest BCUT2D eigenvalue weighted by Gasteiger charge is 2.38. The summed E-state index contributed by atoms with van der Waals surface area (Å²) in [7, 11) is -3.67. The topological polar surface area (TPSA) is 72.2 Å². The summed E-state index contributed by atoms with van der Waals surface area (Å²) in [5.74, 6) is -0.203. The second-order valence-electron chi connectivity index (χ2n) is 4.75. The van der Waals surface area contributed by atoms with E-state index in [2.05, 4.69) is 4.72 Å². The lowest BCUT2D eigenvalue weighted by molar-refractivity contribution is 0.572. The average Bonchev–Trinajstić information content (AvgIpc) is 3.02. The molecular formula is C12H17FN2O2S. The number of anilines is 1. The van der Waals surface area contributed by atoms with Gasteiger partial charge >= 0.3 is 0 Å². The van der Waals surface area contributed by atoms with Gasteiger partial charge < -0.3 is 5.73 Å². The van der Waals surface area contributed by atoms with Gasteiger partial charge in [0.2, 0.25) is 10.0 Å². The van der Waals surface area contributed by atoms with Crippen LogP contribution in [-0.2, 0) is 10.0 Å². The molecule has 18 heavy (non-hydrogen) atoms. The van der Waals surface area contributed by atoms with Crippen molar-refractivity contribution in [2.45, 2.75) is 37.6 Å². The van der Waals surface area contributed by atoms with Gasteiger partial charge in [-0.25, -0.2) is 17.5 Å². The second kappa shape index (κ2) is 4.51. The molecule has 2 atom stereocenters. The molecule has 0 amide bonds.